The first-order chi connectivity index (χ1) is 12.7. The van der Waals surface area contributed by atoms with Gasteiger partial charge in [0.15, 0.2) is 0 Å². The first-order valence-electron chi connectivity index (χ1n) is 10.6. The van der Waals surface area contributed by atoms with Gasteiger partial charge in [-0.2, -0.15) is 0 Å². The molecular formula is C20H35N3O3. The van der Waals surface area contributed by atoms with Crippen molar-refractivity contribution in [3.8, 4) is 0 Å². The molecule has 2 amide bonds. The molecule has 3 aliphatic heterocycles. The van der Waals surface area contributed by atoms with Crippen LogP contribution in [0.1, 0.15) is 57.8 Å². The number of hydrogen-bond donors (Lipinski definition) is 1. The van der Waals surface area contributed by atoms with Crippen molar-refractivity contribution in [2.45, 2.75) is 63.8 Å². The summed E-state index contributed by atoms with van der Waals surface area (Å²) in [6.45, 7) is 5.90. The fourth-order valence-electron chi connectivity index (χ4n) is 4.53. The van der Waals surface area contributed by atoms with Gasteiger partial charge in [0, 0.05) is 57.8 Å². The standard InChI is InChI=1S/C20H35N3O3/c24-19-16-18-6-1-3-10-22(18)12-5-13-23(11-4-2-9-21-19)20(25)17-7-14-26-15-8-17/h17-18H,1-16H2,(H,21,24). The number of carbonyl (C=O) groups excluding carboxylic acids is 2. The van der Waals surface area contributed by atoms with Gasteiger partial charge in [-0.3, -0.25) is 14.5 Å². The van der Waals surface area contributed by atoms with Crippen molar-refractivity contribution in [1.82, 2.24) is 15.1 Å². The SMILES string of the molecule is O=C1CC2CCCCN2CCCN(C(=O)C2CCOCC2)CCCCN1. The Morgan fingerprint density at radius 1 is 0.923 bits per heavy atom. The lowest BCUT2D eigenvalue weighted by molar-refractivity contribution is -0.138. The van der Waals surface area contributed by atoms with Crippen LogP contribution in [0.2, 0.25) is 0 Å². The molecule has 0 aromatic carbocycles. The molecule has 6 nitrogen and oxygen atoms in total. The van der Waals surface area contributed by atoms with E-state index in [1.54, 1.807) is 0 Å². The van der Waals surface area contributed by atoms with E-state index >= 15 is 0 Å². The summed E-state index contributed by atoms with van der Waals surface area (Å²) in [5, 5.41) is 3.08. The van der Waals surface area contributed by atoms with E-state index < -0.39 is 0 Å². The van der Waals surface area contributed by atoms with Gasteiger partial charge in [-0.15, -0.1) is 0 Å². The molecule has 1 unspecified atom stereocenters. The lowest BCUT2D eigenvalue weighted by atomic mass is 9.98. The topological polar surface area (TPSA) is 61.9 Å². The maximum atomic E-state index is 13.0. The van der Waals surface area contributed by atoms with Gasteiger partial charge in [0.2, 0.25) is 11.8 Å². The summed E-state index contributed by atoms with van der Waals surface area (Å²) < 4.78 is 5.41. The van der Waals surface area contributed by atoms with E-state index in [2.05, 4.69) is 15.1 Å². The minimum absolute atomic E-state index is 0.141. The van der Waals surface area contributed by atoms with Gasteiger partial charge >= 0.3 is 0 Å². The van der Waals surface area contributed by atoms with Crippen molar-refractivity contribution in [1.29, 1.82) is 0 Å². The number of hydrogen-bond acceptors (Lipinski definition) is 4. The van der Waals surface area contributed by atoms with Gasteiger partial charge in [0.25, 0.3) is 0 Å². The van der Waals surface area contributed by atoms with Gasteiger partial charge in [-0.25, -0.2) is 0 Å². The summed E-state index contributed by atoms with van der Waals surface area (Å²) in [6, 6.07) is 0.379. The quantitative estimate of drug-likeness (QED) is 0.770. The Morgan fingerprint density at radius 3 is 2.50 bits per heavy atom. The van der Waals surface area contributed by atoms with Crippen LogP contribution in [0.25, 0.3) is 0 Å². The number of nitrogens with zero attached hydrogens (tertiary/aromatic N) is 2. The smallest absolute Gasteiger partial charge is 0.225 e. The Morgan fingerprint density at radius 2 is 1.65 bits per heavy atom. The fourth-order valence-corrected chi connectivity index (χ4v) is 4.53. The third-order valence-electron chi connectivity index (χ3n) is 6.10. The maximum Gasteiger partial charge on any atom is 0.225 e. The molecule has 148 valence electrons. The predicted molar refractivity (Wildman–Crippen MR) is 101 cm³/mol. The van der Waals surface area contributed by atoms with Crippen LogP contribution >= 0.6 is 0 Å². The molecule has 0 bridgehead atoms. The summed E-state index contributed by atoms with van der Waals surface area (Å²) in [5.74, 6) is 0.653. The van der Waals surface area contributed by atoms with E-state index in [9.17, 15) is 9.59 Å². The van der Waals surface area contributed by atoms with E-state index in [1.807, 2.05) is 0 Å². The van der Waals surface area contributed by atoms with Gasteiger partial charge in [0.1, 0.15) is 0 Å². The molecular weight excluding hydrogens is 330 g/mol. The maximum absolute atomic E-state index is 13.0. The van der Waals surface area contributed by atoms with Gasteiger partial charge in [-0.05, 0) is 51.5 Å². The fraction of sp³-hybridized carbons (Fsp3) is 0.900. The van der Waals surface area contributed by atoms with E-state index in [0.717, 1.165) is 71.2 Å². The van der Waals surface area contributed by atoms with Gasteiger partial charge < -0.3 is 15.0 Å². The van der Waals surface area contributed by atoms with E-state index in [1.165, 1.54) is 12.8 Å². The van der Waals surface area contributed by atoms with Crippen molar-refractivity contribution < 1.29 is 14.3 Å². The molecule has 6 heteroatoms. The molecule has 0 aromatic rings. The Labute approximate surface area is 157 Å². The number of amides is 2. The highest BCUT2D eigenvalue weighted by Gasteiger charge is 2.28. The minimum atomic E-state index is 0.141. The van der Waals surface area contributed by atoms with Crippen molar-refractivity contribution in [2.75, 3.05) is 45.9 Å². The van der Waals surface area contributed by atoms with Crippen LogP contribution in [-0.4, -0.2) is 73.6 Å². The Hall–Kier alpha value is -1.14. The molecule has 3 fully saturated rings. The van der Waals surface area contributed by atoms with E-state index in [-0.39, 0.29) is 11.8 Å². The lowest BCUT2D eigenvalue weighted by Gasteiger charge is -2.36. The second-order valence-corrected chi connectivity index (χ2v) is 8.01. The number of piperidine rings is 1. The van der Waals surface area contributed by atoms with Crippen LogP contribution in [0.3, 0.4) is 0 Å². The molecule has 0 aromatic heterocycles. The largest absolute Gasteiger partial charge is 0.381 e. The van der Waals surface area contributed by atoms with Crippen LogP contribution in [0.15, 0.2) is 0 Å². The molecule has 1 N–H and O–H groups in total. The monoisotopic (exact) mass is 365 g/mol. The normalized spacial score (nSPS) is 28.2. The van der Waals surface area contributed by atoms with Crippen LogP contribution in [0.4, 0.5) is 0 Å². The zero-order chi connectivity index (χ0) is 18.2. The Kier molecular flexibility index (Phi) is 7.74. The third-order valence-corrected chi connectivity index (χ3v) is 6.10. The zero-order valence-electron chi connectivity index (χ0n) is 16.1. The third kappa shape index (κ3) is 5.68. The average Bonchev–Trinajstić information content (AvgIpc) is 2.68. The van der Waals surface area contributed by atoms with E-state index in [0.29, 0.717) is 31.6 Å². The molecule has 3 heterocycles. The first-order valence-corrected chi connectivity index (χ1v) is 10.6. The Balaban J connectivity index is 1.59. The summed E-state index contributed by atoms with van der Waals surface area (Å²) in [7, 11) is 0. The molecule has 0 spiro atoms. The van der Waals surface area contributed by atoms with Gasteiger partial charge in [-0.1, -0.05) is 6.42 Å². The molecule has 0 saturated carbocycles. The highest BCUT2D eigenvalue weighted by atomic mass is 16.5. The number of ether oxygens (including phenoxy) is 1. The molecule has 3 rings (SSSR count). The summed E-state index contributed by atoms with van der Waals surface area (Å²) in [5.41, 5.74) is 0. The molecule has 1 atom stereocenters. The highest BCUT2D eigenvalue weighted by molar-refractivity contribution is 5.79. The predicted octanol–water partition coefficient (Wildman–Crippen LogP) is 1.79. The summed E-state index contributed by atoms with van der Waals surface area (Å²) in [6.07, 6.45) is 8.83. The Bertz CT molecular complexity index is 465. The lowest BCUT2D eigenvalue weighted by Crippen LogP contribution is -2.44. The number of nitrogens with one attached hydrogen (secondary N) is 1. The number of rotatable bonds is 1. The van der Waals surface area contributed by atoms with E-state index in [4.69, 9.17) is 4.74 Å². The first kappa shape index (κ1) is 19.6. The molecule has 0 aliphatic carbocycles. The van der Waals surface area contributed by atoms with Crippen LogP contribution in [-0.2, 0) is 14.3 Å². The number of carbonyl (C=O) groups is 2. The van der Waals surface area contributed by atoms with Crippen LogP contribution in [0, 0.1) is 5.92 Å². The van der Waals surface area contributed by atoms with Crippen molar-refractivity contribution in [2.24, 2.45) is 5.92 Å². The van der Waals surface area contributed by atoms with Crippen molar-refractivity contribution in [3.63, 3.8) is 0 Å². The minimum Gasteiger partial charge on any atom is -0.381 e. The van der Waals surface area contributed by atoms with Crippen LogP contribution in [0.5, 0.6) is 0 Å². The highest BCUT2D eigenvalue weighted by Crippen LogP contribution is 2.21. The second-order valence-electron chi connectivity index (χ2n) is 8.01. The molecule has 0 radical (unpaired) electrons. The van der Waals surface area contributed by atoms with Crippen LogP contribution < -0.4 is 5.32 Å². The molecule has 26 heavy (non-hydrogen) atoms. The summed E-state index contributed by atoms with van der Waals surface area (Å²) in [4.78, 5) is 29.7. The summed E-state index contributed by atoms with van der Waals surface area (Å²) >= 11 is 0. The van der Waals surface area contributed by atoms with Crippen molar-refractivity contribution in [3.05, 3.63) is 0 Å². The molecule has 3 saturated heterocycles. The van der Waals surface area contributed by atoms with Crippen molar-refractivity contribution >= 4 is 11.8 Å². The van der Waals surface area contributed by atoms with Gasteiger partial charge in [0.05, 0.1) is 0 Å². The number of fused-ring (bicyclic) bond motifs is 1. The zero-order valence-corrected chi connectivity index (χ0v) is 16.1. The average molecular weight is 366 g/mol. The molecule has 3 aliphatic rings. The second kappa shape index (κ2) is 10.3.